The Morgan fingerprint density at radius 3 is 2.94 bits per heavy atom. The highest BCUT2D eigenvalue weighted by molar-refractivity contribution is 4.87. The normalized spacial score (nSPS) is 34.9. The van der Waals surface area contributed by atoms with Crippen LogP contribution in [0.5, 0.6) is 0 Å². The van der Waals surface area contributed by atoms with Crippen molar-refractivity contribution in [2.24, 2.45) is 5.92 Å². The molecule has 0 amide bonds. The fourth-order valence-corrected chi connectivity index (χ4v) is 3.06. The Balaban J connectivity index is 1.70. The topological polar surface area (TPSA) is 24.5 Å². The molecule has 17 heavy (non-hydrogen) atoms. The van der Waals surface area contributed by atoms with Crippen LogP contribution in [-0.4, -0.2) is 49.3 Å². The second kappa shape index (κ2) is 5.68. The van der Waals surface area contributed by atoms with E-state index < -0.39 is 0 Å². The van der Waals surface area contributed by atoms with E-state index in [1.165, 1.54) is 38.9 Å². The van der Waals surface area contributed by atoms with Gasteiger partial charge in [-0.2, -0.15) is 0 Å². The molecule has 2 aliphatic heterocycles. The average molecular weight is 240 g/mol. The first-order valence-electron chi connectivity index (χ1n) is 7.17. The summed E-state index contributed by atoms with van der Waals surface area (Å²) in [6.07, 6.45) is 3.82. The van der Waals surface area contributed by atoms with E-state index in [9.17, 15) is 0 Å². The van der Waals surface area contributed by atoms with E-state index in [-0.39, 0.29) is 5.60 Å². The van der Waals surface area contributed by atoms with Crippen molar-refractivity contribution in [3.05, 3.63) is 0 Å². The fraction of sp³-hybridized carbons (Fsp3) is 1.00. The highest BCUT2D eigenvalue weighted by Gasteiger charge is 2.34. The lowest BCUT2D eigenvalue weighted by Gasteiger charge is -2.29. The molecule has 0 aromatic rings. The third-order valence-corrected chi connectivity index (χ3v) is 4.04. The van der Waals surface area contributed by atoms with Crippen molar-refractivity contribution < 1.29 is 4.74 Å². The molecule has 0 aromatic carbocycles. The Kier molecular flexibility index (Phi) is 4.45. The summed E-state index contributed by atoms with van der Waals surface area (Å²) in [6.45, 7) is 12.5. The van der Waals surface area contributed by atoms with Crippen LogP contribution in [0.4, 0.5) is 0 Å². The van der Waals surface area contributed by atoms with Gasteiger partial charge in [0.1, 0.15) is 0 Å². The minimum atomic E-state index is 0.139. The lowest BCUT2D eigenvalue weighted by atomic mass is 10.0. The average Bonchev–Trinajstić information content (AvgIpc) is 2.85. The lowest BCUT2D eigenvalue weighted by Crippen LogP contribution is -2.40. The summed E-state index contributed by atoms with van der Waals surface area (Å²) in [5, 5.41) is 3.55. The number of nitrogens with one attached hydrogen (secondary N) is 1. The van der Waals surface area contributed by atoms with Gasteiger partial charge in [0.25, 0.3) is 0 Å². The highest BCUT2D eigenvalue weighted by Crippen LogP contribution is 2.28. The molecule has 2 unspecified atom stereocenters. The summed E-state index contributed by atoms with van der Waals surface area (Å²) < 4.78 is 5.88. The van der Waals surface area contributed by atoms with Crippen LogP contribution in [-0.2, 0) is 4.74 Å². The quantitative estimate of drug-likeness (QED) is 0.794. The molecule has 1 N–H and O–H groups in total. The van der Waals surface area contributed by atoms with Gasteiger partial charge in [-0.3, -0.25) is 0 Å². The maximum atomic E-state index is 5.88. The number of rotatable bonds is 5. The zero-order valence-electron chi connectivity index (χ0n) is 11.7. The van der Waals surface area contributed by atoms with Crippen molar-refractivity contribution in [2.75, 3.05) is 32.8 Å². The molecule has 100 valence electrons. The molecule has 0 saturated carbocycles. The first-order chi connectivity index (χ1) is 8.07. The van der Waals surface area contributed by atoms with E-state index in [1.54, 1.807) is 0 Å². The molecule has 2 atom stereocenters. The fourth-order valence-electron chi connectivity index (χ4n) is 3.06. The largest absolute Gasteiger partial charge is 0.374 e. The van der Waals surface area contributed by atoms with Gasteiger partial charge in [0.05, 0.1) is 5.60 Å². The predicted molar refractivity (Wildman–Crippen MR) is 71.3 cm³/mol. The molecule has 0 spiro atoms. The summed E-state index contributed by atoms with van der Waals surface area (Å²) in [4.78, 5) is 2.60. The molecule has 0 radical (unpaired) electrons. The Morgan fingerprint density at radius 1 is 1.47 bits per heavy atom. The molecule has 3 heteroatoms. The van der Waals surface area contributed by atoms with E-state index in [1.807, 2.05) is 0 Å². The van der Waals surface area contributed by atoms with Gasteiger partial charge < -0.3 is 15.0 Å². The van der Waals surface area contributed by atoms with Crippen LogP contribution < -0.4 is 5.32 Å². The van der Waals surface area contributed by atoms with Crippen LogP contribution in [0.25, 0.3) is 0 Å². The van der Waals surface area contributed by atoms with E-state index >= 15 is 0 Å². The summed E-state index contributed by atoms with van der Waals surface area (Å²) in [5.74, 6) is 0.836. The van der Waals surface area contributed by atoms with Crippen LogP contribution in [0.15, 0.2) is 0 Å². The Hall–Kier alpha value is -0.120. The van der Waals surface area contributed by atoms with Crippen LogP contribution in [0, 0.1) is 5.92 Å². The maximum Gasteiger partial charge on any atom is 0.0781 e. The van der Waals surface area contributed by atoms with Crippen molar-refractivity contribution in [1.29, 1.82) is 0 Å². The third-order valence-electron chi connectivity index (χ3n) is 4.04. The molecule has 2 saturated heterocycles. The molecule has 2 aliphatic rings. The summed E-state index contributed by atoms with van der Waals surface area (Å²) >= 11 is 0. The zero-order valence-corrected chi connectivity index (χ0v) is 11.7. The SMILES string of the molecule is CC(C)NCC1CCN(CC2(C)CCCO2)C1. The second-order valence-electron chi connectivity index (χ2n) is 6.35. The number of likely N-dealkylation sites (tertiary alicyclic amines) is 1. The highest BCUT2D eigenvalue weighted by atomic mass is 16.5. The van der Waals surface area contributed by atoms with Gasteiger partial charge in [0, 0.05) is 25.7 Å². The van der Waals surface area contributed by atoms with Crippen LogP contribution >= 0.6 is 0 Å². The van der Waals surface area contributed by atoms with Crippen molar-refractivity contribution in [3.63, 3.8) is 0 Å². The van der Waals surface area contributed by atoms with Gasteiger partial charge >= 0.3 is 0 Å². The molecular formula is C14H28N2O. The maximum absolute atomic E-state index is 5.88. The summed E-state index contributed by atoms with van der Waals surface area (Å²) in [5.41, 5.74) is 0.139. The van der Waals surface area contributed by atoms with E-state index in [0.29, 0.717) is 6.04 Å². The van der Waals surface area contributed by atoms with Crippen LogP contribution in [0.2, 0.25) is 0 Å². The number of hydrogen-bond acceptors (Lipinski definition) is 3. The van der Waals surface area contributed by atoms with Crippen LogP contribution in [0.1, 0.15) is 40.0 Å². The van der Waals surface area contributed by atoms with Crippen molar-refractivity contribution >= 4 is 0 Å². The molecule has 2 heterocycles. The molecule has 0 aromatic heterocycles. The number of hydrogen-bond donors (Lipinski definition) is 1. The minimum Gasteiger partial charge on any atom is -0.374 e. The lowest BCUT2D eigenvalue weighted by molar-refractivity contribution is -0.00468. The van der Waals surface area contributed by atoms with E-state index in [0.717, 1.165) is 19.1 Å². The van der Waals surface area contributed by atoms with E-state index in [2.05, 4.69) is 31.0 Å². The molecule has 3 nitrogen and oxygen atoms in total. The van der Waals surface area contributed by atoms with Gasteiger partial charge in [-0.25, -0.2) is 0 Å². The monoisotopic (exact) mass is 240 g/mol. The minimum absolute atomic E-state index is 0.139. The van der Waals surface area contributed by atoms with Gasteiger partial charge in [0.15, 0.2) is 0 Å². The zero-order chi connectivity index (χ0) is 12.3. The summed E-state index contributed by atoms with van der Waals surface area (Å²) in [7, 11) is 0. The first-order valence-corrected chi connectivity index (χ1v) is 7.17. The molecule has 0 bridgehead atoms. The Bertz CT molecular complexity index is 236. The second-order valence-corrected chi connectivity index (χ2v) is 6.35. The molecular weight excluding hydrogens is 212 g/mol. The molecule has 0 aliphatic carbocycles. The molecule has 2 fully saturated rings. The van der Waals surface area contributed by atoms with Crippen molar-refractivity contribution in [1.82, 2.24) is 10.2 Å². The van der Waals surface area contributed by atoms with Gasteiger partial charge in [-0.05, 0) is 45.2 Å². The number of ether oxygens (including phenoxy) is 1. The van der Waals surface area contributed by atoms with Crippen molar-refractivity contribution in [2.45, 2.75) is 51.7 Å². The van der Waals surface area contributed by atoms with Crippen molar-refractivity contribution in [3.8, 4) is 0 Å². The predicted octanol–water partition coefficient (Wildman–Crippen LogP) is 1.88. The standard InChI is InChI=1S/C14H28N2O/c1-12(2)15-9-13-5-7-16(10-13)11-14(3)6-4-8-17-14/h12-13,15H,4-11H2,1-3H3. The Morgan fingerprint density at radius 2 is 2.29 bits per heavy atom. The van der Waals surface area contributed by atoms with Gasteiger partial charge in [-0.15, -0.1) is 0 Å². The number of nitrogens with zero attached hydrogens (tertiary/aromatic N) is 1. The van der Waals surface area contributed by atoms with Gasteiger partial charge in [0.2, 0.25) is 0 Å². The third kappa shape index (κ3) is 3.94. The van der Waals surface area contributed by atoms with Gasteiger partial charge in [-0.1, -0.05) is 13.8 Å². The summed E-state index contributed by atoms with van der Waals surface area (Å²) in [6, 6.07) is 0.611. The van der Waals surface area contributed by atoms with Crippen LogP contribution in [0.3, 0.4) is 0 Å². The molecule has 2 rings (SSSR count). The van der Waals surface area contributed by atoms with E-state index in [4.69, 9.17) is 4.74 Å². The Labute approximate surface area is 106 Å². The first kappa shape index (κ1) is 13.3. The smallest absolute Gasteiger partial charge is 0.0781 e.